The third kappa shape index (κ3) is 3.39. The molecule has 2 aliphatic carbocycles. The average molecular weight is 561 g/mol. The maximum absolute atomic E-state index is 13.7. The Balaban J connectivity index is 1.57. The van der Waals surface area contributed by atoms with Gasteiger partial charge < -0.3 is 9.47 Å². The van der Waals surface area contributed by atoms with Gasteiger partial charge in [0.25, 0.3) is 0 Å². The summed E-state index contributed by atoms with van der Waals surface area (Å²) in [5, 5.41) is 20.5. The molecule has 6 atom stereocenters. The molecule has 6 unspecified atom stereocenters. The maximum Gasteiger partial charge on any atom is 0.327 e. The largest absolute Gasteiger partial charge is 0.468 e. The lowest BCUT2D eigenvalue weighted by atomic mass is 9.87. The van der Waals surface area contributed by atoms with Crippen LogP contribution in [0.25, 0.3) is 0 Å². The number of hydrogen-bond donors (Lipinski definition) is 0. The van der Waals surface area contributed by atoms with Gasteiger partial charge in [0.2, 0.25) is 0 Å². The zero-order chi connectivity index (χ0) is 30.5. The van der Waals surface area contributed by atoms with Gasteiger partial charge in [0.15, 0.2) is 22.4 Å². The SMILES string of the molecule is COC(=O)C1(C#N)C(c2ccc(C3C(C)(C(=O)c4ccccc4)C3(C#N)C(=O)OC)cc2)C1(C)C(=O)c1ccccc1. The van der Waals surface area contributed by atoms with E-state index >= 15 is 0 Å². The molecule has 2 aliphatic rings. The summed E-state index contributed by atoms with van der Waals surface area (Å²) in [5.74, 6) is -3.96. The van der Waals surface area contributed by atoms with Crippen LogP contribution in [0.2, 0.25) is 0 Å². The van der Waals surface area contributed by atoms with E-state index in [-0.39, 0.29) is 11.6 Å². The van der Waals surface area contributed by atoms with Gasteiger partial charge in [0, 0.05) is 23.0 Å². The third-order valence-electron chi connectivity index (χ3n) is 9.48. The first kappa shape index (κ1) is 28.4. The molecule has 42 heavy (non-hydrogen) atoms. The monoisotopic (exact) mass is 560 g/mol. The fraction of sp³-hybridized carbons (Fsp3) is 0.294. The van der Waals surface area contributed by atoms with Gasteiger partial charge in [-0.2, -0.15) is 10.5 Å². The van der Waals surface area contributed by atoms with E-state index in [1.807, 2.05) is 0 Å². The Morgan fingerprint density at radius 1 is 0.595 bits per heavy atom. The molecule has 0 bridgehead atoms. The van der Waals surface area contributed by atoms with E-state index < -0.39 is 45.4 Å². The molecule has 2 fully saturated rings. The Kier molecular flexibility index (Phi) is 6.63. The lowest BCUT2D eigenvalue weighted by Gasteiger charge is -2.13. The Morgan fingerprint density at radius 3 is 1.17 bits per heavy atom. The molecule has 3 aromatic carbocycles. The van der Waals surface area contributed by atoms with Crippen LogP contribution >= 0.6 is 0 Å². The maximum atomic E-state index is 13.7. The van der Waals surface area contributed by atoms with Crippen molar-refractivity contribution in [2.75, 3.05) is 14.2 Å². The van der Waals surface area contributed by atoms with Gasteiger partial charge in [0.05, 0.1) is 37.2 Å². The smallest absolute Gasteiger partial charge is 0.327 e. The van der Waals surface area contributed by atoms with Crippen molar-refractivity contribution in [2.24, 2.45) is 21.7 Å². The number of ketones is 2. The molecule has 5 rings (SSSR count). The van der Waals surface area contributed by atoms with E-state index in [1.165, 1.54) is 14.2 Å². The van der Waals surface area contributed by atoms with Crippen LogP contribution in [0.3, 0.4) is 0 Å². The van der Waals surface area contributed by atoms with Crippen LogP contribution in [-0.2, 0) is 19.1 Å². The highest BCUT2D eigenvalue weighted by atomic mass is 16.5. The normalized spacial score (nSPS) is 30.6. The van der Waals surface area contributed by atoms with Gasteiger partial charge in [-0.3, -0.25) is 19.2 Å². The molecule has 0 amide bonds. The minimum atomic E-state index is -1.75. The highest BCUT2D eigenvalue weighted by Crippen LogP contribution is 2.77. The van der Waals surface area contributed by atoms with Crippen molar-refractivity contribution in [3.05, 3.63) is 107 Å². The molecule has 0 aromatic heterocycles. The molecular weight excluding hydrogens is 532 g/mol. The number of nitriles is 2. The van der Waals surface area contributed by atoms with Crippen LogP contribution < -0.4 is 0 Å². The second kappa shape index (κ2) is 9.78. The summed E-state index contributed by atoms with van der Waals surface area (Å²) < 4.78 is 10.0. The highest BCUT2D eigenvalue weighted by Gasteiger charge is 2.85. The number of carbonyl (C=O) groups excluding carboxylic acids is 4. The van der Waals surface area contributed by atoms with E-state index in [0.29, 0.717) is 22.3 Å². The summed E-state index contributed by atoms with van der Waals surface area (Å²) >= 11 is 0. The molecule has 8 nitrogen and oxygen atoms in total. The van der Waals surface area contributed by atoms with E-state index in [4.69, 9.17) is 9.47 Å². The van der Waals surface area contributed by atoms with Crippen molar-refractivity contribution in [3.63, 3.8) is 0 Å². The van der Waals surface area contributed by atoms with Crippen molar-refractivity contribution in [2.45, 2.75) is 25.7 Å². The third-order valence-corrected chi connectivity index (χ3v) is 9.48. The second-order valence-corrected chi connectivity index (χ2v) is 11.2. The highest BCUT2D eigenvalue weighted by molar-refractivity contribution is 6.11. The molecule has 0 heterocycles. The topological polar surface area (TPSA) is 134 Å². The standard InChI is InChI=1S/C34H28N2O6/c1-31(27(37)23-11-7-5-8-12-23)25(33(31,19-35)29(39)41-3)21-15-17-22(18-16-21)26-32(2,34(26,20-36)30(40)42-4)28(38)24-13-9-6-10-14-24/h5-18,25-26H,1-4H3. The Morgan fingerprint density at radius 2 is 0.905 bits per heavy atom. The van der Waals surface area contributed by atoms with Crippen molar-refractivity contribution in [1.29, 1.82) is 10.5 Å². The van der Waals surface area contributed by atoms with Crippen molar-refractivity contribution >= 4 is 23.5 Å². The Bertz CT molecular complexity index is 1560. The van der Waals surface area contributed by atoms with E-state index in [2.05, 4.69) is 12.1 Å². The number of hydrogen-bond acceptors (Lipinski definition) is 8. The predicted octanol–water partition coefficient (Wildman–Crippen LogP) is 5.03. The van der Waals surface area contributed by atoms with E-state index in [0.717, 1.165) is 0 Å². The first-order chi connectivity index (χ1) is 20.1. The molecule has 0 N–H and O–H groups in total. The fourth-order valence-corrected chi connectivity index (χ4v) is 7.12. The summed E-state index contributed by atoms with van der Waals surface area (Å²) in [7, 11) is 2.36. The van der Waals surface area contributed by atoms with Crippen molar-refractivity contribution in [1.82, 2.24) is 0 Å². The number of Topliss-reactive ketones (excluding diaryl/α,β-unsaturated/α-hetero) is 2. The summed E-state index contributed by atoms with van der Waals surface area (Å²) in [6.07, 6.45) is 0. The number of methoxy groups -OCH3 is 2. The number of rotatable bonds is 8. The van der Waals surface area contributed by atoms with Gasteiger partial charge >= 0.3 is 11.9 Å². The summed E-state index contributed by atoms with van der Waals surface area (Å²) in [4.78, 5) is 53.6. The van der Waals surface area contributed by atoms with Crippen LogP contribution in [0.1, 0.15) is 57.5 Å². The van der Waals surface area contributed by atoms with Crippen LogP contribution in [0.4, 0.5) is 0 Å². The molecule has 8 heteroatoms. The van der Waals surface area contributed by atoms with Crippen molar-refractivity contribution in [3.8, 4) is 12.1 Å². The lowest BCUT2D eigenvalue weighted by molar-refractivity contribution is -0.146. The summed E-state index contributed by atoms with van der Waals surface area (Å²) in [6.45, 7) is 3.19. The van der Waals surface area contributed by atoms with Gasteiger partial charge in [-0.15, -0.1) is 0 Å². The van der Waals surface area contributed by atoms with Crippen LogP contribution in [0.5, 0.6) is 0 Å². The van der Waals surface area contributed by atoms with Gasteiger partial charge in [0.1, 0.15) is 0 Å². The van der Waals surface area contributed by atoms with Gasteiger partial charge in [-0.25, -0.2) is 0 Å². The number of carbonyl (C=O) groups is 4. The molecule has 2 saturated carbocycles. The minimum absolute atomic E-state index is 0.360. The van der Waals surface area contributed by atoms with E-state index in [1.54, 1.807) is 98.8 Å². The first-order valence-electron chi connectivity index (χ1n) is 13.4. The Hall–Kier alpha value is -5.08. The van der Waals surface area contributed by atoms with Crippen LogP contribution in [0, 0.1) is 44.3 Å². The predicted molar refractivity (Wildman–Crippen MR) is 150 cm³/mol. The average Bonchev–Trinajstić information content (AvgIpc) is 3.84. The number of nitrogens with zero attached hydrogens (tertiary/aromatic N) is 2. The Labute approximate surface area is 243 Å². The zero-order valence-corrected chi connectivity index (χ0v) is 23.6. The quantitative estimate of drug-likeness (QED) is 0.277. The number of ether oxygens (including phenoxy) is 2. The lowest BCUT2D eigenvalue weighted by Crippen LogP contribution is -2.27. The van der Waals surface area contributed by atoms with E-state index in [9.17, 15) is 29.7 Å². The first-order valence-corrected chi connectivity index (χ1v) is 13.4. The van der Waals surface area contributed by atoms with Gasteiger partial charge in [-0.05, 0) is 25.0 Å². The van der Waals surface area contributed by atoms with Crippen LogP contribution in [-0.4, -0.2) is 37.7 Å². The molecule has 0 aliphatic heterocycles. The zero-order valence-electron chi connectivity index (χ0n) is 23.6. The molecule has 0 spiro atoms. The van der Waals surface area contributed by atoms with Gasteiger partial charge in [-0.1, -0.05) is 84.9 Å². The minimum Gasteiger partial charge on any atom is -0.468 e. The molecule has 0 radical (unpaired) electrons. The second-order valence-electron chi connectivity index (χ2n) is 11.2. The molecule has 210 valence electrons. The van der Waals surface area contributed by atoms with Crippen molar-refractivity contribution < 1.29 is 28.7 Å². The fourth-order valence-electron chi connectivity index (χ4n) is 7.12. The number of esters is 2. The molecule has 0 saturated heterocycles. The number of benzene rings is 3. The van der Waals surface area contributed by atoms with Crippen LogP contribution in [0.15, 0.2) is 84.9 Å². The molecule has 3 aromatic rings. The molecular formula is C34H28N2O6. The summed E-state index contributed by atoms with van der Waals surface area (Å²) in [5.41, 5.74) is -4.51. The summed E-state index contributed by atoms with van der Waals surface area (Å²) in [6, 6.07) is 27.8.